The lowest BCUT2D eigenvalue weighted by atomic mass is 10.2. The zero-order valence-electron chi connectivity index (χ0n) is 13.3. The summed E-state index contributed by atoms with van der Waals surface area (Å²) >= 11 is 11.9. The lowest BCUT2D eigenvalue weighted by molar-refractivity contribution is -0.144. The molecule has 0 spiro atoms. The van der Waals surface area contributed by atoms with E-state index in [0.717, 1.165) is 6.08 Å². The number of likely N-dealkylation sites (N-methyl/N-ethyl adjacent to an activating group) is 1. The molecule has 2 amide bonds. The number of halogens is 2. The largest absolute Gasteiger partial charge is 0.452 e. The highest BCUT2D eigenvalue weighted by molar-refractivity contribution is 6.37. The minimum absolute atomic E-state index is 0.314. The molecule has 1 rings (SSSR count). The number of hydrogen-bond acceptors (Lipinski definition) is 4. The van der Waals surface area contributed by atoms with Gasteiger partial charge in [0.05, 0.1) is 0 Å². The van der Waals surface area contributed by atoms with Crippen molar-refractivity contribution in [3.8, 4) is 0 Å². The SMILES string of the molecule is CCNC(=O)[C@H](C)NC(=O)COC(=O)/C=C/c1c(Cl)cccc1Cl. The van der Waals surface area contributed by atoms with Gasteiger partial charge in [0.1, 0.15) is 6.04 Å². The lowest BCUT2D eigenvalue weighted by Gasteiger charge is -2.12. The van der Waals surface area contributed by atoms with Gasteiger partial charge in [0, 0.05) is 28.2 Å². The van der Waals surface area contributed by atoms with Crippen LogP contribution in [0.15, 0.2) is 24.3 Å². The summed E-state index contributed by atoms with van der Waals surface area (Å²) in [7, 11) is 0. The highest BCUT2D eigenvalue weighted by Crippen LogP contribution is 2.25. The molecule has 0 saturated carbocycles. The minimum Gasteiger partial charge on any atom is -0.452 e. The van der Waals surface area contributed by atoms with Crippen molar-refractivity contribution in [2.75, 3.05) is 13.2 Å². The summed E-state index contributed by atoms with van der Waals surface area (Å²) < 4.78 is 4.79. The standard InChI is InChI=1S/C16H18Cl2N2O4/c1-3-19-16(23)10(2)20-14(21)9-24-15(22)8-7-11-12(17)5-4-6-13(11)18/h4-8,10H,3,9H2,1-2H3,(H,19,23)(H,20,21)/b8-7+/t10-/m0/s1. The van der Waals surface area contributed by atoms with E-state index in [2.05, 4.69) is 10.6 Å². The van der Waals surface area contributed by atoms with Crippen LogP contribution in [0.25, 0.3) is 6.08 Å². The predicted octanol–water partition coefficient (Wildman–Crippen LogP) is 2.19. The summed E-state index contributed by atoms with van der Waals surface area (Å²) in [5.41, 5.74) is 0.479. The average Bonchev–Trinajstić information content (AvgIpc) is 2.52. The van der Waals surface area contributed by atoms with Crippen LogP contribution < -0.4 is 10.6 Å². The molecular formula is C16H18Cl2N2O4. The Bertz CT molecular complexity index is 627. The number of rotatable bonds is 7. The first-order chi connectivity index (χ1) is 11.3. The van der Waals surface area contributed by atoms with Crippen molar-refractivity contribution in [1.82, 2.24) is 10.6 Å². The van der Waals surface area contributed by atoms with Gasteiger partial charge in [-0.15, -0.1) is 0 Å². The van der Waals surface area contributed by atoms with E-state index in [1.54, 1.807) is 25.1 Å². The van der Waals surface area contributed by atoms with Gasteiger partial charge < -0.3 is 15.4 Å². The molecule has 0 heterocycles. The average molecular weight is 373 g/mol. The highest BCUT2D eigenvalue weighted by Gasteiger charge is 2.15. The number of carbonyl (C=O) groups is 3. The Morgan fingerprint density at radius 2 is 1.88 bits per heavy atom. The normalized spacial score (nSPS) is 11.8. The Kier molecular flexibility index (Phi) is 8.29. The predicted molar refractivity (Wildman–Crippen MR) is 92.7 cm³/mol. The Balaban J connectivity index is 2.47. The van der Waals surface area contributed by atoms with E-state index in [0.29, 0.717) is 22.2 Å². The molecule has 0 unspecified atom stereocenters. The van der Waals surface area contributed by atoms with Crippen LogP contribution in [-0.2, 0) is 19.1 Å². The third-order valence-corrected chi connectivity index (χ3v) is 3.51. The van der Waals surface area contributed by atoms with Crippen LogP contribution >= 0.6 is 23.2 Å². The second-order valence-corrected chi connectivity index (χ2v) is 5.57. The van der Waals surface area contributed by atoms with Gasteiger partial charge >= 0.3 is 5.97 Å². The third kappa shape index (κ3) is 6.60. The molecule has 1 aromatic carbocycles. The Labute approximate surface area is 150 Å². The van der Waals surface area contributed by atoms with E-state index in [1.807, 2.05) is 0 Å². The maximum Gasteiger partial charge on any atom is 0.331 e. The van der Waals surface area contributed by atoms with E-state index in [9.17, 15) is 14.4 Å². The highest BCUT2D eigenvalue weighted by atomic mass is 35.5. The van der Waals surface area contributed by atoms with Crippen LogP contribution in [0.4, 0.5) is 0 Å². The van der Waals surface area contributed by atoms with Gasteiger partial charge in [-0.2, -0.15) is 0 Å². The van der Waals surface area contributed by atoms with Crippen LogP contribution in [0.5, 0.6) is 0 Å². The van der Waals surface area contributed by atoms with Gasteiger partial charge in [0.25, 0.3) is 5.91 Å². The topological polar surface area (TPSA) is 84.5 Å². The minimum atomic E-state index is -0.730. The summed E-state index contributed by atoms with van der Waals surface area (Å²) in [4.78, 5) is 34.7. The van der Waals surface area contributed by atoms with E-state index in [4.69, 9.17) is 27.9 Å². The molecular weight excluding hydrogens is 355 g/mol. The van der Waals surface area contributed by atoms with E-state index < -0.39 is 24.5 Å². The van der Waals surface area contributed by atoms with Gasteiger partial charge in [0.15, 0.2) is 6.61 Å². The zero-order chi connectivity index (χ0) is 18.1. The first kappa shape index (κ1) is 20.0. The molecule has 1 aromatic rings. The molecule has 0 aliphatic heterocycles. The first-order valence-electron chi connectivity index (χ1n) is 7.21. The molecule has 24 heavy (non-hydrogen) atoms. The van der Waals surface area contributed by atoms with E-state index >= 15 is 0 Å². The molecule has 0 aliphatic carbocycles. The fourth-order valence-corrected chi connectivity index (χ4v) is 2.21. The number of benzene rings is 1. The van der Waals surface area contributed by atoms with Gasteiger partial charge in [-0.1, -0.05) is 29.3 Å². The first-order valence-corrected chi connectivity index (χ1v) is 7.96. The lowest BCUT2D eigenvalue weighted by Crippen LogP contribution is -2.46. The van der Waals surface area contributed by atoms with Crippen molar-refractivity contribution in [3.05, 3.63) is 39.9 Å². The monoisotopic (exact) mass is 372 g/mol. The molecule has 2 N–H and O–H groups in total. The van der Waals surface area contributed by atoms with E-state index in [1.165, 1.54) is 13.0 Å². The Morgan fingerprint density at radius 3 is 2.46 bits per heavy atom. The van der Waals surface area contributed by atoms with Gasteiger partial charge in [-0.3, -0.25) is 9.59 Å². The maximum atomic E-state index is 11.6. The molecule has 0 saturated heterocycles. The zero-order valence-corrected chi connectivity index (χ0v) is 14.8. The summed E-state index contributed by atoms with van der Waals surface area (Å²) in [6.07, 6.45) is 2.52. The summed E-state index contributed by atoms with van der Waals surface area (Å²) in [5.74, 6) is -1.62. The maximum absolute atomic E-state index is 11.6. The van der Waals surface area contributed by atoms with Crippen molar-refractivity contribution >= 4 is 47.1 Å². The number of amides is 2. The Morgan fingerprint density at radius 1 is 1.25 bits per heavy atom. The van der Waals surface area contributed by atoms with Crippen molar-refractivity contribution in [2.45, 2.75) is 19.9 Å². The van der Waals surface area contributed by atoms with Crippen LogP contribution in [0.1, 0.15) is 19.4 Å². The molecule has 0 aliphatic rings. The van der Waals surface area contributed by atoms with Crippen molar-refractivity contribution < 1.29 is 19.1 Å². The summed E-state index contributed by atoms with van der Waals surface area (Å²) in [6.45, 7) is 3.27. The fourth-order valence-electron chi connectivity index (χ4n) is 1.68. The van der Waals surface area contributed by atoms with Crippen LogP contribution in [0, 0.1) is 0 Å². The number of esters is 1. The van der Waals surface area contributed by atoms with Crippen LogP contribution in [0.2, 0.25) is 10.0 Å². The van der Waals surface area contributed by atoms with Crippen molar-refractivity contribution in [1.29, 1.82) is 0 Å². The number of carbonyl (C=O) groups excluding carboxylic acids is 3. The third-order valence-electron chi connectivity index (χ3n) is 2.85. The van der Waals surface area contributed by atoms with Crippen molar-refractivity contribution in [3.63, 3.8) is 0 Å². The fraction of sp³-hybridized carbons (Fsp3) is 0.312. The molecule has 0 aromatic heterocycles. The smallest absolute Gasteiger partial charge is 0.331 e. The second kappa shape index (κ2) is 9.95. The van der Waals surface area contributed by atoms with Gasteiger partial charge in [0.2, 0.25) is 5.91 Å². The van der Waals surface area contributed by atoms with Gasteiger partial charge in [-0.25, -0.2) is 4.79 Å². The van der Waals surface area contributed by atoms with E-state index in [-0.39, 0.29) is 5.91 Å². The summed E-state index contributed by atoms with van der Waals surface area (Å²) in [5, 5.41) is 5.76. The molecule has 0 radical (unpaired) electrons. The summed E-state index contributed by atoms with van der Waals surface area (Å²) in [6, 6.07) is 4.23. The van der Waals surface area contributed by atoms with Gasteiger partial charge in [-0.05, 0) is 32.1 Å². The Hall–Kier alpha value is -2.05. The molecule has 0 fully saturated rings. The molecule has 130 valence electrons. The molecule has 0 bridgehead atoms. The quantitative estimate of drug-likeness (QED) is 0.567. The number of nitrogens with one attached hydrogen (secondary N) is 2. The number of hydrogen-bond donors (Lipinski definition) is 2. The molecule has 8 heteroatoms. The van der Waals surface area contributed by atoms with Crippen LogP contribution in [-0.4, -0.2) is 37.0 Å². The van der Waals surface area contributed by atoms with Crippen LogP contribution in [0.3, 0.4) is 0 Å². The molecule has 1 atom stereocenters. The van der Waals surface area contributed by atoms with Crippen molar-refractivity contribution in [2.24, 2.45) is 0 Å². The second-order valence-electron chi connectivity index (χ2n) is 4.76. The molecule has 6 nitrogen and oxygen atoms in total. The number of ether oxygens (including phenoxy) is 1.